The van der Waals surface area contributed by atoms with Gasteiger partial charge in [0.25, 0.3) is 10.0 Å². The number of aryl methyl sites for hydroxylation is 1. The van der Waals surface area contributed by atoms with Gasteiger partial charge in [-0.3, -0.25) is 4.72 Å². The predicted octanol–water partition coefficient (Wildman–Crippen LogP) is 4.11. The average Bonchev–Trinajstić information content (AvgIpc) is 2.44. The van der Waals surface area contributed by atoms with Crippen LogP contribution in [-0.4, -0.2) is 8.42 Å². The van der Waals surface area contributed by atoms with Crippen molar-refractivity contribution in [1.82, 2.24) is 0 Å². The molecule has 0 atom stereocenters. The average molecular weight is 325 g/mol. The van der Waals surface area contributed by atoms with Crippen molar-refractivity contribution < 1.29 is 17.2 Å². The summed E-state index contributed by atoms with van der Waals surface area (Å²) in [6.45, 7) is 2.08. The molecule has 3 nitrogen and oxygen atoms in total. The highest BCUT2D eigenvalue weighted by molar-refractivity contribution is 7.92. The molecular weight excluding hydrogens is 308 g/mol. The summed E-state index contributed by atoms with van der Waals surface area (Å²) < 4.78 is 52.8. The van der Waals surface area contributed by atoms with Crippen molar-refractivity contribution in [2.24, 2.45) is 0 Å². The van der Waals surface area contributed by atoms with Gasteiger partial charge in [-0.1, -0.05) is 25.5 Å². The van der Waals surface area contributed by atoms with E-state index in [1.54, 1.807) is 12.1 Å². The maximum Gasteiger partial charge on any atom is 0.261 e. The lowest BCUT2D eigenvalue weighted by molar-refractivity contribution is 0.584. The third kappa shape index (κ3) is 4.27. The molecule has 0 aromatic heterocycles. The molecular formula is C16H17F2NO2S. The summed E-state index contributed by atoms with van der Waals surface area (Å²) >= 11 is 0. The number of nitrogens with one attached hydrogen (secondary N) is 1. The molecule has 118 valence electrons. The van der Waals surface area contributed by atoms with Crippen LogP contribution in [0.4, 0.5) is 14.5 Å². The Labute approximate surface area is 129 Å². The Bertz CT molecular complexity index is 723. The van der Waals surface area contributed by atoms with Gasteiger partial charge >= 0.3 is 0 Å². The second-order valence-corrected chi connectivity index (χ2v) is 6.69. The zero-order valence-electron chi connectivity index (χ0n) is 12.1. The van der Waals surface area contributed by atoms with Crippen LogP contribution < -0.4 is 4.72 Å². The normalized spacial score (nSPS) is 11.4. The zero-order valence-corrected chi connectivity index (χ0v) is 13.0. The Morgan fingerprint density at radius 1 is 1.00 bits per heavy atom. The Kier molecular flexibility index (Phi) is 5.13. The Hall–Kier alpha value is -1.95. The Balaban J connectivity index is 2.19. The van der Waals surface area contributed by atoms with E-state index in [4.69, 9.17) is 0 Å². The van der Waals surface area contributed by atoms with E-state index in [0.29, 0.717) is 6.07 Å². The maximum atomic E-state index is 13.1. The van der Waals surface area contributed by atoms with E-state index < -0.39 is 21.7 Å². The zero-order chi connectivity index (χ0) is 16.2. The van der Waals surface area contributed by atoms with Crippen molar-refractivity contribution >= 4 is 15.7 Å². The van der Waals surface area contributed by atoms with Crippen LogP contribution in [0.3, 0.4) is 0 Å². The summed E-state index contributed by atoms with van der Waals surface area (Å²) in [5.74, 6) is -1.68. The first-order chi connectivity index (χ1) is 10.4. The third-order valence-electron chi connectivity index (χ3n) is 3.17. The minimum atomic E-state index is -3.87. The van der Waals surface area contributed by atoms with Crippen LogP contribution in [0, 0.1) is 11.6 Å². The quantitative estimate of drug-likeness (QED) is 0.869. The molecule has 2 aromatic carbocycles. The summed E-state index contributed by atoms with van der Waals surface area (Å²) in [6.07, 6.45) is 2.99. The van der Waals surface area contributed by atoms with Gasteiger partial charge in [0.2, 0.25) is 0 Å². The minimum Gasteiger partial charge on any atom is -0.279 e. The highest BCUT2D eigenvalue weighted by Crippen LogP contribution is 2.19. The van der Waals surface area contributed by atoms with E-state index in [1.165, 1.54) is 12.1 Å². The van der Waals surface area contributed by atoms with Crippen LogP contribution >= 0.6 is 0 Å². The van der Waals surface area contributed by atoms with Gasteiger partial charge < -0.3 is 0 Å². The topological polar surface area (TPSA) is 46.2 Å². The largest absolute Gasteiger partial charge is 0.279 e. The minimum absolute atomic E-state index is 0.0532. The van der Waals surface area contributed by atoms with Crippen molar-refractivity contribution in [3.63, 3.8) is 0 Å². The second kappa shape index (κ2) is 6.87. The molecule has 22 heavy (non-hydrogen) atoms. The van der Waals surface area contributed by atoms with Crippen molar-refractivity contribution in [1.29, 1.82) is 0 Å². The second-order valence-electron chi connectivity index (χ2n) is 5.01. The molecule has 0 spiro atoms. The van der Waals surface area contributed by atoms with Gasteiger partial charge in [-0.2, -0.15) is 0 Å². The van der Waals surface area contributed by atoms with Crippen molar-refractivity contribution in [2.45, 2.75) is 31.1 Å². The van der Waals surface area contributed by atoms with E-state index >= 15 is 0 Å². The number of unbranched alkanes of at least 4 members (excludes halogenated alkanes) is 1. The van der Waals surface area contributed by atoms with Gasteiger partial charge in [-0.15, -0.1) is 0 Å². The Morgan fingerprint density at radius 3 is 2.14 bits per heavy atom. The molecule has 0 saturated carbocycles. The standard InChI is InChI=1S/C16H17F2NO2S/c1-2-3-4-12-5-7-16(8-6-12)22(20,21)19-15-10-13(17)9-14(18)11-15/h5-11,19H,2-4H2,1H3. The fourth-order valence-corrected chi connectivity index (χ4v) is 3.08. The smallest absolute Gasteiger partial charge is 0.261 e. The van der Waals surface area contributed by atoms with Crippen LogP contribution in [0.25, 0.3) is 0 Å². The molecule has 0 saturated heterocycles. The monoisotopic (exact) mass is 325 g/mol. The number of anilines is 1. The predicted molar refractivity (Wildman–Crippen MR) is 82.2 cm³/mol. The summed E-state index contributed by atoms with van der Waals surface area (Å²) in [6, 6.07) is 9.01. The van der Waals surface area contributed by atoms with Crippen LogP contribution in [0.2, 0.25) is 0 Å². The summed E-state index contributed by atoms with van der Waals surface area (Å²) in [7, 11) is -3.87. The molecule has 0 aliphatic heterocycles. The Morgan fingerprint density at radius 2 is 1.59 bits per heavy atom. The number of rotatable bonds is 6. The summed E-state index contributed by atoms with van der Waals surface area (Å²) in [4.78, 5) is 0.0532. The van der Waals surface area contributed by atoms with E-state index in [-0.39, 0.29) is 10.6 Å². The molecule has 2 aromatic rings. The van der Waals surface area contributed by atoms with Crippen LogP contribution in [-0.2, 0) is 16.4 Å². The number of hydrogen-bond donors (Lipinski definition) is 1. The molecule has 0 bridgehead atoms. The first kappa shape index (κ1) is 16.4. The highest BCUT2D eigenvalue weighted by Gasteiger charge is 2.15. The SMILES string of the molecule is CCCCc1ccc(S(=O)(=O)Nc2cc(F)cc(F)c2)cc1. The van der Waals surface area contributed by atoms with E-state index in [1.807, 2.05) is 0 Å². The molecule has 0 heterocycles. The molecule has 0 radical (unpaired) electrons. The van der Waals surface area contributed by atoms with Crippen LogP contribution in [0.5, 0.6) is 0 Å². The molecule has 2 rings (SSSR count). The third-order valence-corrected chi connectivity index (χ3v) is 4.56. The molecule has 0 aliphatic rings. The number of halogens is 2. The summed E-state index contributed by atoms with van der Waals surface area (Å²) in [5.41, 5.74) is 0.908. The van der Waals surface area contributed by atoms with Crippen LogP contribution in [0.1, 0.15) is 25.3 Å². The van der Waals surface area contributed by atoms with E-state index in [0.717, 1.165) is 37.0 Å². The van der Waals surface area contributed by atoms with E-state index in [9.17, 15) is 17.2 Å². The van der Waals surface area contributed by atoms with Gasteiger partial charge in [0, 0.05) is 6.07 Å². The van der Waals surface area contributed by atoms with Crippen molar-refractivity contribution in [2.75, 3.05) is 4.72 Å². The molecule has 6 heteroatoms. The first-order valence-corrected chi connectivity index (χ1v) is 8.47. The fraction of sp³-hybridized carbons (Fsp3) is 0.250. The van der Waals surface area contributed by atoms with E-state index in [2.05, 4.69) is 11.6 Å². The summed E-state index contributed by atoms with van der Waals surface area (Å²) in [5, 5.41) is 0. The first-order valence-electron chi connectivity index (χ1n) is 6.98. The van der Waals surface area contributed by atoms with Gasteiger partial charge in [-0.25, -0.2) is 17.2 Å². The maximum absolute atomic E-state index is 13.1. The molecule has 0 fully saturated rings. The van der Waals surface area contributed by atoms with Gasteiger partial charge in [0.15, 0.2) is 0 Å². The van der Waals surface area contributed by atoms with Gasteiger partial charge in [0.05, 0.1) is 10.6 Å². The number of hydrogen-bond acceptors (Lipinski definition) is 2. The highest BCUT2D eigenvalue weighted by atomic mass is 32.2. The van der Waals surface area contributed by atoms with Crippen molar-refractivity contribution in [3.8, 4) is 0 Å². The lowest BCUT2D eigenvalue weighted by Crippen LogP contribution is -2.13. The lowest BCUT2D eigenvalue weighted by atomic mass is 10.1. The molecule has 1 N–H and O–H groups in total. The van der Waals surface area contributed by atoms with Gasteiger partial charge in [0.1, 0.15) is 11.6 Å². The van der Waals surface area contributed by atoms with Gasteiger partial charge in [-0.05, 0) is 42.7 Å². The lowest BCUT2D eigenvalue weighted by Gasteiger charge is -2.09. The molecule has 0 unspecified atom stereocenters. The number of benzene rings is 2. The fourth-order valence-electron chi connectivity index (χ4n) is 2.04. The number of sulfonamides is 1. The van der Waals surface area contributed by atoms with Crippen molar-refractivity contribution in [3.05, 3.63) is 59.7 Å². The van der Waals surface area contributed by atoms with Crippen LogP contribution in [0.15, 0.2) is 47.4 Å². The molecule has 0 aliphatic carbocycles. The molecule has 0 amide bonds.